The van der Waals surface area contributed by atoms with Crippen LogP contribution in [0.25, 0.3) is 0 Å². The first-order valence-corrected chi connectivity index (χ1v) is 1.68. The van der Waals surface area contributed by atoms with Crippen molar-refractivity contribution >= 4 is 5.97 Å². The summed E-state index contributed by atoms with van der Waals surface area (Å²) >= 11 is 0. The summed E-state index contributed by atoms with van der Waals surface area (Å²) in [6.07, 6.45) is -1.74. The molecule has 0 aromatic heterocycles. The van der Waals surface area contributed by atoms with Crippen LogP contribution in [0.1, 0.15) is 0 Å². The van der Waals surface area contributed by atoms with Gasteiger partial charge in [0.15, 0.2) is 0 Å². The van der Waals surface area contributed by atoms with Crippen molar-refractivity contribution in [2.24, 2.45) is 0 Å². The van der Waals surface area contributed by atoms with Crippen molar-refractivity contribution < 1.29 is 77.1 Å². The number of aliphatic carboxylic acids is 1. The van der Waals surface area contributed by atoms with Gasteiger partial charge in [-0.3, -0.25) is 0 Å². The van der Waals surface area contributed by atoms with Crippen LogP contribution in [0.15, 0.2) is 0 Å². The van der Waals surface area contributed by atoms with Gasteiger partial charge in [-0.2, -0.15) is 0 Å². The van der Waals surface area contributed by atoms with E-state index in [9.17, 15) is 9.90 Å². The maximum atomic E-state index is 9.41. The molecule has 0 heterocycles. The molecule has 1 atom stereocenters. The van der Waals surface area contributed by atoms with Crippen LogP contribution in [0.4, 0.5) is 0 Å². The van der Waals surface area contributed by atoms with Crippen LogP contribution < -0.4 is 34.7 Å². The van der Waals surface area contributed by atoms with E-state index in [-0.39, 0.29) is 56.9 Å². The summed E-state index contributed by atoms with van der Waals surface area (Å²) in [5.74, 6) is -1.65. The first kappa shape index (κ1) is 51.2. The molecule has 0 rings (SSSR count). The van der Waals surface area contributed by atoms with E-state index in [1.54, 1.807) is 0 Å². The molecule has 0 amide bonds. The Morgan fingerprint density at radius 2 is 1.38 bits per heavy atom. The number of aliphatic hydroxyl groups is 2. The van der Waals surface area contributed by atoms with Crippen LogP contribution in [0.2, 0.25) is 0 Å². The number of hydrogen-bond donors (Lipinski definition) is 2. The Balaban J connectivity index is -0.0000000120. The molecule has 10 heteroatoms. The molecule has 0 saturated heterocycles. The fraction of sp³-hybridized carbons (Fsp3) is 0.667. The molecule has 0 aliphatic heterocycles. The van der Waals surface area contributed by atoms with Gasteiger partial charge in [0, 0.05) is 0 Å². The molecule has 0 spiro atoms. The number of rotatable bonds is 2. The first-order chi connectivity index (χ1) is 3.18. The van der Waals surface area contributed by atoms with E-state index in [0.29, 0.717) is 0 Å². The summed E-state index contributed by atoms with van der Waals surface area (Å²) in [5, 5.41) is 25.3. The van der Waals surface area contributed by atoms with Gasteiger partial charge in [0.25, 0.3) is 0 Å². The van der Waals surface area contributed by atoms with Crippen LogP contribution in [-0.4, -0.2) is 56.3 Å². The third-order valence-electron chi connectivity index (χ3n) is 0.445. The maximum Gasteiger partial charge on any atom is 1.00 e. The van der Waals surface area contributed by atoms with E-state index in [0.717, 1.165) is 0 Å². The predicted molar refractivity (Wildman–Crippen MR) is 36.2 cm³/mol. The summed E-state index contributed by atoms with van der Waals surface area (Å²) in [6.45, 7) is -0.789. The number of carbonyl (C=O) groups excluding carboxylic acids is 1. The molecule has 0 bridgehead atoms. The van der Waals surface area contributed by atoms with Gasteiger partial charge in [-0.1, -0.05) is 0 Å². The van der Waals surface area contributed by atoms with Crippen molar-refractivity contribution in [2.75, 3.05) is 6.61 Å². The van der Waals surface area contributed by atoms with Gasteiger partial charge in [-0.15, -0.1) is 0 Å². The average molecular weight is 218 g/mol. The van der Waals surface area contributed by atoms with Crippen molar-refractivity contribution in [1.29, 1.82) is 0 Å². The number of carboxylic acids is 1. The fourth-order valence-electron chi connectivity index (χ4n) is 0.0745. The van der Waals surface area contributed by atoms with Crippen molar-refractivity contribution in [3.63, 3.8) is 0 Å². The Labute approximate surface area is 95.8 Å². The molecular formula is C3H15NaO9. The third-order valence-corrected chi connectivity index (χ3v) is 0.445. The smallest absolute Gasteiger partial charge is 0.547 e. The second-order valence-electron chi connectivity index (χ2n) is 1.02. The van der Waals surface area contributed by atoms with Crippen LogP contribution >= 0.6 is 0 Å². The van der Waals surface area contributed by atoms with Crippen LogP contribution in [0.3, 0.4) is 0 Å². The van der Waals surface area contributed by atoms with E-state index >= 15 is 0 Å². The van der Waals surface area contributed by atoms with Gasteiger partial charge in [-0.05, 0) is 0 Å². The molecule has 9 nitrogen and oxygen atoms in total. The number of carbonyl (C=O) groups is 1. The largest absolute Gasteiger partial charge is 1.00 e. The Morgan fingerprint density at radius 3 is 1.38 bits per heavy atom. The molecule has 0 aromatic carbocycles. The zero-order valence-corrected chi connectivity index (χ0v) is 9.00. The molecular weight excluding hydrogens is 203 g/mol. The number of hydrogen-bond acceptors (Lipinski definition) is 4. The third kappa shape index (κ3) is 33.0. The van der Waals surface area contributed by atoms with Crippen LogP contribution in [0, 0.1) is 0 Å². The molecule has 0 aromatic rings. The fourth-order valence-corrected chi connectivity index (χ4v) is 0.0745. The standard InChI is InChI=1S/C3H6O4.Na.5H2O/c4-1-2(5)3(6)7;;;;;;/h2,4-5H,1H2,(H,6,7);;5*1H2/q;+1;;;;;/p-1. The normalized spacial score (nSPS) is 7.23. The summed E-state index contributed by atoms with van der Waals surface area (Å²) in [6, 6.07) is 0. The Bertz CT molecular complexity index is 77.3. The van der Waals surface area contributed by atoms with Gasteiger partial charge < -0.3 is 47.5 Å². The minimum Gasteiger partial charge on any atom is -0.547 e. The molecule has 12 N–H and O–H groups in total. The number of carboxylic acid groups (broad SMARTS) is 1. The zero-order valence-electron chi connectivity index (χ0n) is 7.00. The quantitative estimate of drug-likeness (QED) is 0.428. The SMILES string of the molecule is O.O.O.O.O.O=C([O-])C(O)CO.[Na+]. The monoisotopic (exact) mass is 218 g/mol. The van der Waals surface area contributed by atoms with Gasteiger partial charge in [0.2, 0.25) is 0 Å². The molecule has 0 radical (unpaired) electrons. The van der Waals surface area contributed by atoms with Gasteiger partial charge in [-0.25, -0.2) is 0 Å². The van der Waals surface area contributed by atoms with Crippen molar-refractivity contribution in [1.82, 2.24) is 0 Å². The predicted octanol–water partition coefficient (Wildman–Crippen LogP) is -10.0. The Morgan fingerprint density at radius 1 is 1.15 bits per heavy atom. The molecule has 0 aliphatic carbocycles. The van der Waals surface area contributed by atoms with E-state index in [1.165, 1.54) is 0 Å². The second kappa shape index (κ2) is 29.5. The van der Waals surface area contributed by atoms with Crippen molar-refractivity contribution in [3.8, 4) is 0 Å². The molecule has 13 heavy (non-hydrogen) atoms. The van der Waals surface area contributed by atoms with Crippen molar-refractivity contribution in [2.45, 2.75) is 6.10 Å². The number of aliphatic hydroxyl groups excluding tert-OH is 2. The summed E-state index contributed by atoms with van der Waals surface area (Å²) in [5.41, 5.74) is 0. The van der Waals surface area contributed by atoms with Gasteiger partial charge in [0.1, 0.15) is 6.10 Å². The van der Waals surface area contributed by atoms with Gasteiger partial charge >= 0.3 is 29.6 Å². The summed E-state index contributed by atoms with van der Waals surface area (Å²) in [4.78, 5) is 9.41. The van der Waals surface area contributed by atoms with E-state index in [4.69, 9.17) is 10.2 Å². The Kier molecular flexibility index (Phi) is 116. The maximum absolute atomic E-state index is 9.41. The average Bonchev–Trinajstić information content (AvgIpc) is 1.65. The van der Waals surface area contributed by atoms with E-state index < -0.39 is 18.7 Å². The van der Waals surface area contributed by atoms with Gasteiger partial charge in [0.05, 0.1) is 12.6 Å². The summed E-state index contributed by atoms with van der Waals surface area (Å²) in [7, 11) is 0. The Hall–Kier alpha value is 0.190. The minimum atomic E-state index is -1.74. The molecule has 0 saturated carbocycles. The molecule has 0 aliphatic rings. The van der Waals surface area contributed by atoms with Crippen molar-refractivity contribution in [3.05, 3.63) is 0 Å². The van der Waals surface area contributed by atoms with Crippen LogP contribution in [0.5, 0.6) is 0 Å². The molecule has 1 unspecified atom stereocenters. The minimum absolute atomic E-state index is 0. The topological polar surface area (TPSA) is 238 Å². The second-order valence-corrected chi connectivity index (χ2v) is 1.02. The molecule has 82 valence electrons. The van der Waals surface area contributed by atoms with E-state index in [1.807, 2.05) is 0 Å². The van der Waals surface area contributed by atoms with Crippen LogP contribution in [-0.2, 0) is 4.79 Å². The first-order valence-electron chi connectivity index (χ1n) is 1.68. The molecule has 0 fully saturated rings. The zero-order chi connectivity index (χ0) is 5.86. The van der Waals surface area contributed by atoms with E-state index in [2.05, 4.69) is 0 Å². The summed E-state index contributed by atoms with van der Waals surface area (Å²) < 4.78 is 0.